The van der Waals surface area contributed by atoms with Crippen LogP contribution in [0.4, 0.5) is 23.2 Å². The van der Waals surface area contributed by atoms with Gasteiger partial charge in [0.2, 0.25) is 12.3 Å². The van der Waals surface area contributed by atoms with Gasteiger partial charge in [0.1, 0.15) is 17.5 Å². The molecule has 0 aliphatic rings. The fourth-order valence-corrected chi connectivity index (χ4v) is 2.62. The number of furan rings is 1. The average Bonchev–Trinajstić information content (AvgIpc) is 3.27. The Morgan fingerprint density at radius 3 is 2.92 bits per heavy atom. The summed E-state index contributed by atoms with van der Waals surface area (Å²) >= 11 is 6.02. The molecule has 3 aromatic heterocycles. The Kier molecular flexibility index (Phi) is 3.79. The number of amides is 1. The van der Waals surface area contributed by atoms with E-state index < -0.39 is 0 Å². The zero-order chi connectivity index (χ0) is 17.2. The maximum absolute atomic E-state index is 11.6. The number of fused-ring (bicyclic) bond motifs is 1. The second-order valence-corrected chi connectivity index (χ2v) is 5.49. The van der Waals surface area contributed by atoms with Crippen LogP contribution >= 0.6 is 11.6 Å². The summed E-state index contributed by atoms with van der Waals surface area (Å²) in [7, 11) is 0. The van der Waals surface area contributed by atoms with Crippen molar-refractivity contribution >= 4 is 52.3 Å². The van der Waals surface area contributed by atoms with E-state index in [4.69, 9.17) is 16.0 Å². The Balaban J connectivity index is 1.83. The molecule has 124 valence electrons. The summed E-state index contributed by atoms with van der Waals surface area (Å²) in [6.07, 6.45) is 3.49. The topological polar surface area (TPSA) is 99.9 Å². The van der Waals surface area contributed by atoms with Crippen LogP contribution in [0.1, 0.15) is 0 Å². The smallest absolute Gasteiger partial charge is 0.222 e. The van der Waals surface area contributed by atoms with Crippen LogP contribution in [-0.4, -0.2) is 26.6 Å². The number of hydrogen-bond acceptors (Lipinski definition) is 6. The lowest BCUT2D eigenvalue weighted by Crippen LogP contribution is -2.14. The van der Waals surface area contributed by atoms with Crippen molar-refractivity contribution in [3.8, 4) is 0 Å². The summed E-state index contributed by atoms with van der Waals surface area (Å²) in [6.45, 7) is 0. The van der Waals surface area contributed by atoms with Gasteiger partial charge >= 0.3 is 0 Å². The van der Waals surface area contributed by atoms with E-state index in [1.165, 1.54) is 17.5 Å². The normalized spacial score (nSPS) is 10.8. The second-order valence-electron chi connectivity index (χ2n) is 5.06. The predicted molar refractivity (Wildman–Crippen MR) is 93.3 cm³/mol. The molecule has 9 heteroatoms. The Labute approximate surface area is 146 Å². The van der Waals surface area contributed by atoms with Crippen molar-refractivity contribution in [2.24, 2.45) is 0 Å². The van der Waals surface area contributed by atoms with Crippen LogP contribution in [-0.2, 0) is 4.79 Å². The third-order valence-electron chi connectivity index (χ3n) is 3.50. The van der Waals surface area contributed by atoms with Gasteiger partial charge in [-0.3, -0.25) is 9.89 Å². The van der Waals surface area contributed by atoms with Gasteiger partial charge in [-0.05, 0) is 24.3 Å². The maximum Gasteiger partial charge on any atom is 0.222 e. The van der Waals surface area contributed by atoms with E-state index >= 15 is 0 Å². The number of benzene rings is 1. The number of nitrogens with zero attached hydrogens (tertiary/aromatic N) is 4. The number of carbonyl (C=O) groups excluding carboxylic acids is 1. The largest absolute Gasteiger partial charge is 0.448 e. The van der Waals surface area contributed by atoms with E-state index in [1.54, 1.807) is 24.3 Å². The fourth-order valence-electron chi connectivity index (χ4n) is 2.43. The Morgan fingerprint density at radius 2 is 2.16 bits per heavy atom. The van der Waals surface area contributed by atoms with E-state index in [0.29, 0.717) is 40.0 Å². The molecule has 1 aromatic carbocycles. The van der Waals surface area contributed by atoms with Crippen LogP contribution in [0.3, 0.4) is 0 Å². The van der Waals surface area contributed by atoms with Gasteiger partial charge in [-0.25, -0.2) is 14.9 Å². The quantitative estimate of drug-likeness (QED) is 0.531. The number of rotatable bonds is 5. The minimum atomic E-state index is 0.324. The van der Waals surface area contributed by atoms with Gasteiger partial charge in [-0.15, -0.1) is 0 Å². The summed E-state index contributed by atoms with van der Waals surface area (Å²) in [6, 6.07) is 10.5. The van der Waals surface area contributed by atoms with Crippen molar-refractivity contribution < 1.29 is 9.21 Å². The van der Waals surface area contributed by atoms with Crippen LogP contribution < -0.4 is 10.2 Å². The summed E-state index contributed by atoms with van der Waals surface area (Å²) in [5.41, 5.74) is 1.23. The standard InChI is InChI=1S/C16H11ClN6O2/c17-10-3-1-4-11(7-10)20-14-13-15(19-8-18-14)21-22-16(13)23(9-24)12-5-2-6-25-12/h1-9H,(H2,18,19,20,21,22). The zero-order valence-electron chi connectivity index (χ0n) is 12.7. The molecule has 25 heavy (non-hydrogen) atoms. The number of aromatic amines is 1. The predicted octanol–water partition coefficient (Wildman–Crippen LogP) is 3.64. The average molecular weight is 355 g/mol. The van der Waals surface area contributed by atoms with E-state index in [-0.39, 0.29) is 0 Å². The Hall–Kier alpha value is -3.39. The minimum Gasteiger partial charge on any atom is -0.448 e. The van der Waals surface area contributed by atoms with Gasteiger partial charge in [0.25, 0.3) is 0 Å². The first-order chi connectivity index (χ1) is 12.3. The van der Waals surface area contributed by atoms with Gasteiger partial charge in [0.15, 0.2) is 11.5 Å². The molecule has 0 saturated carbocycles. The Bertz CT molecular complexity index is 1030. The van der Waals surface area contributed by atoms with Crippen molar-refractivity contribution in [2.75, 3.05) is 10.2 Å². The van der Waals surface area contributed by atoms with Crippen molar-refractivity contribution in [3.05, 3.63) is 54.0 Å². The molecule has 4 rings (SSSR count). The number of H-pyrrole nitrogens is 1. The van der Waals surface area contributed by atoms with E-state index in [0.717, 1.165) is 5.69 Å². The highest BCUT2D eigenvalue weighted by Crippen LogP contribution is 2.33. The van der Waals surface area contributed by atoms with Crippen LogP contribution in [0.25, 0.3) is 11.0 Å². The third-order valence-corrected chi connectivity index (χ3v) is 3.74. The number of halogens is 1. The first kappa shape index (κ1) is 15.2. The zero-order valence-corrected chi connectivity index (χ0v) is 13.4. The molecular formula is C16H11ClN6O2. The molecule has 0 unspecified atom stereocenters. The molecule has 0 fully saturated rings. The van der Waals surface area contributed by atoms with Gasteiger partial charge < -0.3 is 9.73 Å². The highest BCUT2D eigenvalue weighted by atomic mass is 35.5. The number of hydrogen-bond donors (Lipinski definition) is 2. The molecule has 0 atom stereocenters. The van der Waals surface area contributed by atoms with E-state index in [9.17, 15) is 4.79 Å². The lowest BCUT2D eigenvalue weighted by Gasteiger charge is -2.13. The molecule has 0 aliphatic heterocycles. The van der Waals surface area contributed by atoms with Crippen LogP contribution in [0.5, 0.6) is 0 Å². The molecule has 8 nitrogen and oxygen atoms in total. The number of anilines is 4. The number of nitrogens with one attached hydrogen (secondary N) is 2. The first-order valence-electron chi connectivity index (χ1n) is 7.26. The fraction of sp³-hybridized carbons (Fsp3) is 0. The first-order valence-corrected chi connectivity index (χ1v) is 7.64. The van der Waals surface area contributed by atoms with Crippen molar-refractivity contribution in [1.82, 2.24) is 20.2 Å². The highest BCUT2D eigenvalue weighted by Gasteiger charge is 2.21. The van der Waals surface area contributed by atoms with Crippen LogP contribution in [0.15, 0.2) is 53.4 Å². The molecule has 0 radical (unpaired) electrons. The number of aromatic nitrogens is 4. The molecule has 4 aromatic rings. The lowest BCUT2D eigenvalue weighted by molar-refractivity contribution is -0.107. The van der Waals surface area contributed by atoms with Gasteiger partial charge in [0, 0.05) is 16.8 Å². The van der Waals surface area contributed by atoms with E-state index in [1.807, 2.05) is 12.1 Å². The monoisotopic (exact) mass is 354 g/mol. The van der Waals surface area contributed by atoms with E-state index in [2.05, 4.69) is 25.5 Å². The summed E-state index contributed by atoms with van der Waals surface area (Å²) < 4.78 is 5.30. The summed E-state index contributed by atoms with van der Waals surface area (Å²) in [5, 5.41) is 11.3. The van der Waals surface area contributed by atoms with Gasteiger partial charge in [0.05, 0.1) is 6.26 Å². The maximum atomic E-state index is 11.6. The molecule has 1 amide bonds. The van der Waals surface area contributed by atoms with Gasteiger partial charge in [-0.1, -0.05) is 17.7 Å². The molecule has 2 N–H and O–H groups in total. The summed E-state index contributed by atoms with van der Waals surface area (Å²) in [4.78, 5) is 21.3. The minimum absolute atomic E-state index is 0.324. The second kappa shape index (κ2) is 6.25. The van der Waals surface area contributed by atoms with Gasteiger partial charge in [-0.2, -0.15) is 5.10 Å². The highest BCUT2D eigenvalue weighted by molar-refractivity contribution is 6.30. The Morgan fingerprint density at radius 1 is 1.24 bits per heavy atom. The lowest BCUT2D eigenvalue weighted by atomic mass is 10.3. The van der Waals surface area contributed by atoms with Crippen LogP contribution in [0.2, 0.25) is 5.02 Å². The molecule has 3 heterocycles. The number of carbonyl (C=O) groups is 1. The van der Waals surface area contributed by atoms with Crippen LogP contribution in [0, 0.1) is 0 Å². The molecule has 0 aliphatic carbocycles. The summed E-state index contributed by atoms with van der Waals surface area (Å²) in [5.74, 6) is 1.14. The van der Waals surface area contributed by atoms with Crippen molar-refractivity contribution in [2.45, 2.75) is 0 Å². The SMILES string of the molecule is O=CN(c1ccco1)c1n[nH]c2ncnc(Nc3cccc(Cl)c3)c12. The molecular weight excluding hydrogens is 344 g/mol. The molecule has 0 saturated heterocycles. The molecule has 0 spiro atoms. The van der Waals surface area contributed by atoms with Crippen molar-refractivity contribution in [3.63, 3.8) is 0 Å². The molecule has 0 bridgehead atoms. The third kappa shape index (κ3) is 2.79. The van der Waals surface area contributed by atoms with Crippen molar-refractivity contribution in [1.29, 1.82) is 0 Å².